The predicted molar refractivity (Wildman–Crippen MR) is 105 cm³/mol. The third-order valence-corrected chi connectivity index (χ3v) is 4.54. The van der Waals surface area contributed by atoms with Crippen LogP contribution in [0.5, 0.6) is 5.75 Å². The first-order chi connectivity index (χ1) is 13.0. The summed E-state index contributed by atoms with van der Waals surface area (Å²) in [5.41, 5.74) is 3.74. The van der Waals surface area contributed by atoms with Crippen molar-refractivity contribution < 1.29 is 14.3 Å². The van der Waals surface area contributed by atoms with Crippen LogP contribution in [0.1, 0.15) is 30.1 Å². The first-order valence-electron chi connectivity index (χ1n) is 8.55. The van der Waals surface area contributed by atoms with E-state index in [1.54, 1.807) is 42.5 Å². The van der Waals surface area contributed by atoms with Gasteiger partial charge in [0.25, 0.3) is 11.8 Å². The van der Waals surface area contributed by atoms with E-state index < -0.39 is 5.91 Å². The molecule has 0 bridgehead atoms. The molecule has 0 aromatic heterocycles. The minimum absolute atomic E-state index is 0.230. The number of benzene rings is 2. The van der Waals surface area contributed by atoms with E-state index in [2.05, 4.69) is 10.7 Å². The molecule has 3 rings (SSSR count). The molecule has 0 spiro atoms. The second kappa shape index (κ2) is 8.50. The molecule has 2 aromatic rings. The van der Waals surface area contributed by atoms with Gasteiger partial charge in [0.05, 0.1) is 5.56 Å². The SMILES string of the molecule is CCCC1Nc2ccc(Cl)cc2C(=O)N1NC(=O)COc1ccc(Cl)cc1. The average Bonchev–Trinajstić information content (AvgIpc) is 2.65. The molecule has 0 saturated heterocycles. The molecule has 142 valence electrons. The second-order valence-electron chi connectivity index (χ2n) is 6.09. The largest absolute Gasteiger partial charge is 0.484 e. The van der Waals surface area contributed by atoms with E-state index >= 15 is 0 Å². The topological polar surface area (TPSA) is 70.7 Å². The average molecular weight is 408 g/mol. The fraction of sp³-hybridized carbons (Fsp3) is 0.263. The molecule has 2 N–H and O–H groups in total. The van der Waals surface area contributed by atoms with Gasteiger partial charge in [-0.25, -0.2) is 5.01 Å². The molecule has 2 aromatic carbocycles. The van der Waals surface area contributed by atoms with Gasteiger partial charge in [0.2, 0.25) is 0 Å². The Bertz CT molecular complexity index is 843. The number of rotatable bonds is 6. The third kappa shape index (κ3) is 4.64. The smallest absolute Gasteiger partial charge is 0.276 e. The summed E-state index contributed by atoms with van der Waals surface area (Å²) in [5.74, 6) is -0.240. The Morgan fingerprint density at radius 3 is 2.59 bits per heavy atom. The summed E-state index contributed by atoms with van der Waals surface area (Å²) in [6.45, 7) is 1.78. The maximum atomic E-state index is 12.9. The van der Waals surface area contributed by atoms with E-state index in [4.69, 9.17) is 27.9 Å². The maximum Gasteiger partial charge on any atom is 0.276 e. The Morgan fingerprint density at radius 1 is 1.19 bits per heavy atom. The van der Waals surface area contributed by atoms with Crippen LogP contribution in [0, 0.1) is 0 Å². The molecule has 0 radical (unpaired) electrons. The van der Waals surface area contributed by atoms with Crippen molar-refractivity contribution in [2.45, 2.75) is 25.9 Å². The number of carbonyl (C=O) groups is 2. The van der Waals surface area contributed by atoms with Crippen LogP contribution < -0.4 is 15.5 Å². The van der Waals surface area contributed by atoms with Gasteiger partial charge in [0.15, 0.2) is 6.61 Å². The van der Waals surface area contributed by atoms with Crippen LogP contribution in [0.4, 0.5) is 5.69 Å². The first-order valence-corrected chi connectivity index (χ1v) is 9.31. The summed E-state index contributed by atoms with van der Waals surface area (Å²) >= 11 is 11.8. The molecule has 0 aliphatic carbocycles. The number of amides is 2. The highest BCUT2D eigenvalue weighted by Crippen LogP contribution is 2.28. The van der Waals surface area contributed by atoms with Crippen molar-refractivity contribution in [1.82, 2.24) is 10.4 Å². The number of fused-ring (bicyclic) bond motifs is 1. The lowest BCUT2D eigenvalue weighted by atomic mass is 10.1. The summed E-state index contributed by atoms with van der Waals surface area (Å²) in [6.07, 6.45) is 1.16. The quantitative estimate of drug-likeness (QED) is 0.755. The number of halogens is 2. The highest BCUT2D eigenvalue weighted by atomic mass is 35.5. The molecular formula is C19H19Cl2N3O3. The standard InChI is InChI=1S/C19H19Cl2N3O3/c1-2-3-17-22-16-9-6-13(21)10-15(16)19(26)24(17)23-18(25)11-27-14-7-4-12(20)5-8-14/h4-10,17,22H,2-3,11H2,1H3,(H,23,25). The van der Waals surface area contributed by atoms with Crippen molar-refractivity contribution in [1.29, 1.82) is 0 Å². The highest BCUT2D eigenvalue weighted by Gasteiger charge is 2.33. The van der Waals surface area contributed by atoms with E-state index in [1.165, 1.54) is 5.01 Å². The summed E-state index contributed by atoms with van der Waals surface area (Å²) in [5, 5.41) is 5.60. The first kappa shape index (κ1) is 19.3. The number of hydrogen-bond acceptors (Lipinski definition) is 4. The number of nitrogens with one attached hydrogen (secondary N) is 2. The van der Waals surface area contributed by atoms with E-state index in [0.717, 1.165) is 6.42 Å². The van der Waals surface area contributed by atoms with Crippen molar-refractivity contribution in [2.24, 2.45) is 0 Å². The van der Waals surface area contributed by atoms with Crippen LogP contribution in [-0.4, -0.2) is 29.6 Å². The minimum Gasteiger partial charge on any atom is -0.484 e. The Balaban J connectivity index is 1.69. The lowest BCUT2D eigenvalue weighted by Gasteiger charge is -2.37. The molecule has 1 aliphatic rings. The summed E-state index contributed by atoms with van der Waals surface area (Å²) < 4.78 is 5.43. The Morgan fingerprint density at radius 2 is 1.89 bits per heavy atom. The van der Waals surface area contributed by atoms with Crippen LogP contribution in [-0.2, 0) is 4.79 Å². The molecule has 1 unspecified atom stereocenters. The fourth-order valence-electron chi connectivity index (χ4n) is 2.78. The van der Waals surface area contributed by atoms with Gasteiger partial charge in [0, 0.05) is 15.7 Å². The third-order valence-electron chi connectivity index (χ3n) is 4.06. The number of hydrogen-bond donors (Lipinski definition) is 2. The van der Waals surface area contributed by atoms with E-state index in [1.807, 2.05) is 6.92 Å². The van der Waals surface area contributed by atoms with Gasteiger partial charge in [-0.15, -0.1) is 0 Å². The van der Waals surface area contributed by atoms with Crippen molar-refractivity contribution in [2.75, 3.05) is 11.9 Å². The highest BCUT2D eigenvalue weighted by molar-refractivity contribution is 6.31. The normalized spacial score (nSPS) is 15.7. The molecule has 6 nitrogen and oxygen atoms in total. The lowest BCUT2D eigenvalue weighted by molar-refractivity contribution is -0.127. The molecular weight excluding hydrogens is 389 g/mol. The second-order valence-corrected chi connectivity index (χ2v) is 6.96. The number of ether oxygens (including phenoxy) is 1. The number of hydrazine groups is 1. The van der Waals surface area contributed by atoms with Crippen molar-refractivity contribution >= 4 is 40.7 Å². The van der Waals surface area contributed by atoms with Gasteiger partial charge < -0.3 is 10.1 Å². The van der Waals surface area contributed by atoms with Crippen LogP contribution in [0.2, 0.25) is 10.0 Å². The van der Waals surface area contributed by atoms with E-state index in [0.29, 0.717) is 33.5 Å². The summed E-state index contributed by atoms with van der Waals surface area (Å²) in [6, 6.07) is 11.7. The van der Waals surface area contributed by atoms with Gasteiger partial charge in [-0.1, -0.05) is 36.5 Å². The molecule has 27 heavy (non-hydrogen) atoms. The number of carbonyl (C=O) groups excluding carboxylic acids is 2. The van der Waals surface area contributed by atoms with Crippen LogP contribution in [0.3, 0.4) is 0 Å². The van der Waals surface area contributed by atoms with Crippen LogP contribution in [0.15, 0.2) is 42.5 Å². The number of anilines is 1. The zero-order chi connectivity index (χ0) is 19.4. The van der Waals surface area contributed by atoms with Gasteiger partial charge in [0.1, 0.15) is 11.9 Å². The Kier molecular flexibility index (Phi) is 6.08. The molecule has 0 saturated carbocycles. The maximum absolute atomic E-state index is 12.9. The monoisotopic (exact) mass is 407 g/mol. The predicted octanol–water partition coefficient (Wildman–Crippen LogP) is 4.10. The van der Waals surface area contributed by atoms with Crippen molar-refractivity contribution in [3.8, 4) is 5.75 Å². The van der Waals surface area contributed by atoms with Crippen LogP contribution in [0.25, 0.3) is 0 Å². The van der Waals surface area contributed by atoms with Crippen molar-refractivity contribution in [3.05, 3.63) is 58.1 Å². The molecule has 1 heterocycles. The van der Waals surface area contributed by atoms with Crippen molar-refractivity contribution in [3.63, 3.8) is 0 Å². The zero-order valence-corrected chi connectivity index (χ0v) is 16.2. The Labute approximate surface area is 167 Å². The van der Waals surface area contributed by atoms with E-state index in [9.17, 15) is 9.59 Å². The summed E-state index contributed by atoms with van der Waals surface area (Å²) in [7, 11) is 0. The molecule has 0 fully saturated rings. The van der Waals surface area contributed by atoms with Gasteiger partial charge in [-0.05, 0) is 48.9 Å². The fourth-order valence-corrected chi connectivity index (χ4v) is 3.08. The zero-order valence-electron chi connectivity index (χ0n) is 14.7. The Hall–Kier alpha value is -2.44. The molecule has 8 heteroatoms. The van der Waals surface area contributed by atoms with E-state index in [-0.39, 0.29) is 18.7 Å². The van der Waals surface area contributed by atoms with Crippen LogP contribution >= 0.6 is 23.2 Å². The molecule has 2 amide bonds. The van der Waals surface area contributed by atoms with Gasteiger partial charge in [-0.3, -0.25) is 15.0 Å². The lowest BCUT2D eigenvalue weighted by Crippen LogP contribution is -2.58. The molecule has 1 atom stereocenters. The van der Waals surface area contributed by atoms with Gasteiger partial charge >= 0.3 is 0 Å². The number of nitrogens with zero attached hydrogens (tertiary/aromatic N) is 1. The molecule has 1 aliphatic heterocycles. The van der Waals surface area contributed by atoms with Gasteiger partial charge in [-0.2, -0.15) is 0 Å². The summed E-state index contributed by atoms with van der Waals surface area (Å²) in [4.78, 5) is 25.2. The minimum atomic E-state index is -0.438.